The van der Waals surface area contributed by atoms with Gasteiger partial charge in [0, 0.05) is 42.3 Å². The summed E-state index contributed by atoms with van der Waals surface area (Å²) < 4.78 is 0. The molecule has 2 saturated heterocycles. The van der Waals surface area contributed by atoms with Crippen LogP contribution in [0.2, 0.25) is 0 Å². The largest absolute Gasteiger partial charge is 0.338 e. The summed E-state index contributed by atoms with van der Waals surface area (Å²) in [4.78, 5) is 51.1. The highest BCUT2D eigenvalue weighted by atomic mass is 32.2. The Morgan fingerprint density at radius 2 is 1.96 bits per heavy atom. The lowest BCUT2D eigenvalue weighted by atomic mass is 9.96. The number of nitrogens with zero attached hydrogens (tertiary/aromatic N) is 1. The number of hydrogen-bond donors (Lipinski definition) is 2. The smallest absolute Gasteiger partial charge is 0.333 e. The number of unbranched alkanes of at least 4 members (excludes halogenated alkanes) is 1. The van der Waals surface area contributed by atoms with Gasteiger partial charge in [0.05, 0.1) is 0 Å². The summed E-state index contributed by atoms with van der Waals surface area (Å²) in [6.45, 7) is 4.54. The Morgan fingerprint density at radius 3 is 2.62 bits per heavy atom. The third kappa shape index (κ3) is 5.89. The highest BCUT2D eigenvalue weighted by Crippen LogP contribution is 2.37. The first-order valence-corrected chi connectivity index (χ1v) is 10.1. The Balaban J connectivity index is 1.61. The molecule has 0 saturated carbocycles. The van der Waals surface area contributed by atoms with E-state index in [1.54, 1.807) is 0 Å². The maximum atomic E-state index is 11.7. The molecule has 146 valence electrons. The number of hydroxylamine groups is 2. The third-order valence-electron chi connectivity index (χ3n) is 4.42. The summed E-state index contributed by atoms with van der Waals surface area (Å²) in [6.07, 6.45) is 3.74. The van der Waals surface area contributed by atoms with Gasteiger partial charge in [0.1, 0.15) is 0 Å². The molecule has 0 aliphatic carbocycles. The zero-order valence-corrected chi connectivity index (χ0v) is 16.2. The minimum atomic E-state index is -0.546. The Labute approximate surface area is 157 Å². The van der Waals surface area contributed by atoms with E-state index in [1.807, 2.05) is 18.7 Å². The van der Waals surface area contributed by atoms with Gasteiger partial charge in [-0.2, -0.15) is 11.8 Å². The van der Waals surface area contributed by atoms with Crippen molar-refractivity contribution in [1.82, 2.24) is 15.7 Å². The SMILES string of the molecule is CCNC(=O)N[C@]1(C)CSC(CCCCC(=O)ON2C(=O)CCC2=O)C1. The topological polar surface area (TPSA) is 105 Å². The molecule has 2 aliphatic rings. The molecule has 2 heterocycles. The van der Waals surface area contributed by atoms with Crippen LogP contribution in [0.15, 0.2) is 0 Å². The molecule has 4 amide bonds. The zero-order valence-electron chi connectivity index (χ0n) is 15.3. The zero-order chi connectivity index (χ0) is 19.2. The van der Waals surface area contributed by atoms with E-state index in [0.29, 0.717) is 23.3 Å². The molecule has 0 radical (unpaired) electrons. The predicted molar refractivity (Wildman–Crippen MR) is 97.1 cm³/mol. The van der Waals surface area contributed by atoms with Crippen LogP contribution in [0.3, 0.4) is 0 Å². The van der Waals surface area contributed by atoms with Crippen molar-refractivity contribution in [2.24, 2.45) is 0 Å². The van der Waals surface area contributed by atoms with E-state index >= 15 is 0 Å². The van der Waals surface area contributed by atoms with Gasteiger partial charge in [0.15, 0.2) is 0 Å². The molecular formula is C17H27N3O5S. The fourth-order valence-electron chi connectivity index (χ4n) is 3.12. The number of amides is 4. The van der Waals surface area contributed by atoms with E-state index < -0.39 is 17.8 Å². The van der Waals surface area contributed by atoms with Crippen molar-refractivity contribution < 1.29 is 24.0 Å². The minimum Gasteiger partial charge on any atom is -0.338 e. The molecule has 0 aromatic heterocycles. The van der Waals surface area contributed by atoms with Crippen LogP contribution in [0.4, 0.5) is 4.79 Å². The lowest BCUT2D eigenvalue weighted by Crippen LogP contribution is -2.50. The summed E-state index contributed by atoms with van der Waals surface area (Å²) in [5.74, 6) is -0.583. The van der Waals surface area contributed by atoms with Gasteiger partial charge in [-0.15, -0.1) is 5.06 Å². The van der Waals surface area contributed by atoms with Crippen LogP contribution < -0.4 is 10.6 Å². The van der Waals surface area contributed by atoms with Gasteiger partial charge in [-0.05, 0) is 33.1 Å². The van der Waals surface area contributed by atoms with Crippen molar-refractivity contribution in [3.05, 3.63) is 0 Å². The summed E-state index contributed by atoms with van der Waals surface area (Å²) >= 11 is 1.84. The molecule has 8 nitrogen and oxygen atoms in total. The molecule has 0 aromatic rings. The predicted octanol–water partition coefficient (Wildman–Crippen LogP) is 1.74. The molecule has 2 aliphatic heterocycles. The first kappa shape index (κ1) is 20.5. The molecule has 9 heteroatoms. The van der Waals surface area contributed by atoms with Gasteiger partial charge in [0.25, 0.3) is 11.8 Å². The number of imide groups is 1. The van der Waals surface area contributed by atoms with Crippen LogP contribution in [-0.2, 0) is 19.2 Å². The Kier molecular flexibility index (Phi) is 7.31. The number of rotatable bonds is 8. The van der Waals surface area contributed by atoms with E-state index in [0.717, 1.165) is 25.0 Å². The van der Waals surface area contributed by atoms with Gasteiger partial charge in [0.2, 0.25) is 0 Å². The molecular weight excluding hydrogens is 358 g/mol. The van der Waals surface area contributed by atoms with Crippen molar-refractivity contribution in [3.63, 3.8) is 0 Å². The fourth-order valence-corrected chi connectivity index (χ4v) is 4.73. The van der Waals surface area contributed by atoms with Gasteiger partial charge < -0.3 is 15.5 Å². The number of thioether (sulfide) groups is 1. The van der Waals surface area contributed by atoms with Crippen molar-refractivity contribution in [2.45, 2.75) is 69.6 Å². The van der Waals surface area contributed by atoms with Crippen LogP contribution in [0.25, 0.3) is 0 Å². The molecule has 2 N–H and O–H groups in total. The van der Waals surface area contributed by atoms with Crippen molar-refractivity contribution in [1.29, 1.82) is 0 Å². The highest BCUT2D eigenvalue weighted by Gasteiger charge is 2.36. The molecule has 26 heavy (non-hydrogen) atoms. The van der Waals surface area contributed by atoms with E-state index in [4.69, 9.17) is 4.84 Å². The first-order valence-electron chi connectivity index (χ1n) is 9.07. The van der Waals surface area contributed by atoms with Crippen molar-refractivity contribution >= 4 is 35.6 Å². The van der Waals surface area contributed by atoms with Gasteiger partial charge in [-0.25, -0.2) is 9.59 Å². The van der Waals surface area contributed by atoms with Crippen molar-refractivity contribution in [3.8, 4) is 0 Å². The van der Waals surface area contributed by atoms with Crippen LogP contribution >= 0.6 is 11.8 Å². The second-order valence-electron chi connectivity index (χ2n) is 6.97. The van der Waals surface area contributed by atoms with Crippen LogP contribution in [0, 0.1) is 0 Å². The molecule has 0 aromatic carbocycles. The molecule has 2 atom stereocenters. The lowest BCUT2D eigenvalue weighted by Gasteiger charge is -2.25. The normalized spacial score (nSPS) is 25.5. The van der Waals surface area contributed by atoms with E-state index in [2.05, 4.69) is 17.6 Å². The number of nitrogens with one attached hydrogen (secondary N) is 2. The monoisotopic (exact) mass is 385 g/mol. The third-order valence-corrected chi connectivity index (χ3v) is 6.10. The van der Waals surface area contributed by atoms with E-state index in [9.17, 15) is 19.2 Å². The van der Waals surface area contributed by atoms with Crippen LogP contribution in [0.5, 0.6) is 0 Å². The second kappa shape index (κ2) is 9.25. The summed E-state index contributed by atoms with van der Waals surface area (Å²) in [6, 6.07) is -0.134. The maximum absolute atomic E-state index is 11.7. The quantitative estimate of drug-likeness (QED) is 0.487. The van der Waals surface area contributed by atoms with Crippen LogP contribution in [-0.4, -0.2) is 52.0 Å². The molecule has 2 rings (SSSR count). The summed E-state index contributed by atoms with van der Waals surface area (Å²) in [7, 11) is 0. The highest BCUT2D eigenvalue weighted by molar-refractivity contribution is 8.00. The molecule has 2 fully saturated rings. The second-order valence-corrected chi connectivity index (χ2v) is 8.26. The van der Waals surface area contributed by atoms with Gasteiger partial charge in [-0.3, -0.25) is 9.59 Å². The maximum Gasteiger partial charge on any atom is 0.333 e. The van der Waals surface area contributed by atoms with Crippen LogP contribution in [0.1, 0.15) is 58.8 Å². The molecule has 1 unspecified atom stereocenters. The Hall–Kier alpha value is -1.77. The number of carbonyl (C=O) groups excluding carboxylic acids is 4. The number of carbonyl (C=O) groups is 4. The minimum absolute atomic E-state index is 0.105. The number of urea groups is 1. The van der Waals surface area contributed by atoms with Gasteiger partial charge in [-0.1, -0.05) is 6.42 Å². The Bertz CT molecular complexity index is 555. The van der Waals surface area contributed by atoms with Gasteiger partial charge >= 0.3 is 12.0 Å². The average Bonchev–Trinajstić information content (AvgIpc) is 3.09. The first-order chi connectivity index (χ1) is 12.3. The van der Waals surface area contributed by atoms with E-state index in [1.165, 1.54) is 0 Å². The van der Waals surface area contributed by atoms with E-state index in [-0.39, 0.29) is 30.8 Å². The average molecular weight is 385 g/mol. The standard InChI is InChI=1S/C17H27N3O5S/c1-3-18-16(24)19-17(2)10-12(26-11-17)6-4-5-7-15(23)25-20-13(21)8-9-14(20)22/h12H,3-11H2,1-2H3,(H2,18,19,24)/t12?,17-/m0/s1. The summed E-state index contributed by atoms with van der Waals surface area (Å²) in [5.41, 5.74) is -0.204. The molecule has 0 spiro atoms. The number of hydrogen-bond acceptors (Lipinski definition) is 6. The summed E-state index contributed by atoms with van der Waals surface area (Å²) in [5, 5.41) is 6.81. The fraction of sp³-hybridized carbons (Fsp3) is 0.765. The lowest BCUT2D eigenvalue weighted by molar-refractivity contribution is -0.197. The van der Waals surface area contributed by atoms with Crippen molar-refractivity contribution in [2.75, 3.05) is 12.3 Å². The Morgan fingerprint density at radius 1 is 1.27 bits per heavy atom. The molecule has 0 bridgehead atoms.